The van der Waals surface area contributed by atoms with Gasteiger partial charge in [-0.25, -0.2) is 4.39 Å². The van der Waals surface area contributed by atoms with E-state index in [1.165, 1.54) is 24.3 Å². The summed E-state index contributed by atoms with van der Waals surface area (Å²) in [6, 6.07) is 20.1. The van der Waals surface area contributed by atoms with E-state index in [2.05, 4.69) is 10.2 Å². The van der Waals surface area contributed by atoms with Crippen LogP contribution in [0.25, 0.3) is 22.1 Å². The third-order valence-electron chi connectivity index (χ3n) is 6.10. The topological polar surface area (TPSA) is 65.8 Å². The largest absolute Gasteiger partial charge is 0.439 e. The van der Waals surface area contributed by atoms with E-state index >= 15 is 0 Å². The highest BCUT2D eigenvalue weighted by Gasteiger charge is 2.22. The molecule has 3 aromatic carbocycles. The van der Waals surface area contributed by atoms with E-state index in [1.54, 1.807) is 24.3 Å². The van der Waals surface area contributed by atoms with Crippen LogP contribution in [0.3, 0.4) is 0 Å². The van der Waals surface area contributed by atoms with Crippen LogP contribution in [0.5, 0.6) is 0 Å². The zero-order valence-corrected chi connectivity index (χ0v) is 19.6. The fourth-order valence-corrected chi connectivity index (χ4v) is 4.50. The molecule has 1 saturated heterocycles. The number of carbonyl (C=O) groups is 1. The Morgan fingerprint density at radius 2 is 1.71 bits per heavy atom. The lowest BCUT2D eigenvalue weighted by Gasteiger charge is -2.35. The van der Waals surface area contributed by atoms with Crippen molar-refractivity contribution in [2.75, 3.05) is 42.9 Å². The number of nitrogens with zero attached hydrogens (tertiary/aromatic N) is 2. The van der Waals surface area contributed by atoms with Crippen molar-refractivity contribution in [1.82, 2.24) is 4.90 Å². The molecule has 1 amide bonds. The molecule has 1 aromatic heterocycles. The van der Waals surface area contributed by atoms with Gasteiger partial charge in [0.25, 0.3) is 0 Å². The van der Waals surface area contributed by atoms with Crippen LogP contribution in [0, 0.1) is 5.82 Å². The van der Waals surface area contributed by atoms with Crippen molar-refractivity contribution in [3.63, 3.8) is 0 Å². The van der Waals surface area contributed by atoms with Gasteiger partial charge in [0.1, 0.15) is 11.4 Å². The third-order valence-corrected chi connectivity index (χ3v) is 6.33. The molecule has 0 atom stereocenters. The first-order valence-electron chi connectivity index (χ1n) is 11.3. The first-order chi connectivity index (χ1) is 17.0. The average molecular weight is 492 g/mol. The highest BCUT2D eigenvalue weighted by Crippen LogP contribution is 2.29. The van der Waals surface area contributed by atoms with Gasteiger partial charge in [0, 0.05) is 36.9 Å². The second kappa shape index (κ2) is 9.90. The maximum atomic E-state index is 13.5. The van der Waals surface area contributed by atoms with Crippen molar-refractivity contribution in [2.45, 2.75) is 0 Å². The minimum Gasteiger partial charge on any atom is -0.439 e. The lowest BCUT2D eigenvalue weighted by Crippen LogP contribution is -2.48. The van der Waals surface area contributed by atoms with Gasteiger partial charge in [-0.2, -0.15) is 0 Å². The van der Waals surface area contributed by atoms with Gasteiger partial charge in [-0.3, -0.25) is 19.8 Å². The molecule has 35 heavy (non-hydrogen) atoms. The fraction of sp³-hybridized carbons (Fsp3) is 0.185. The van der Waals surface area contributed by atoms with Crippen LogP contribution >= 0.6 is 11.6 Å². The summed E-state index contributed by atoms with van der Waals surface area (Å²) in [4.78, 5) is 30.5. The Kier molecular flexibility index (Phi) is 6.53. The zero-order chi connectivity index (χ0) is 24.4. The number of rotatable bonds is 5. The van der Waals surface area contributed by atoms with Crippen molar-refractivity contribution in [2.24, 2.45) is 0 Å². The average Bonchev–Trinajstić information content (AvgIpc) is 2.85. The zero-order valence-electron chi connectivity index (χ0n) is 18.8. The van der Waals surface area contributed by atoms with Gasteiger partial charge in [-0.1, -0.05) is 41.9 Å². The second-order valence-electron chi connectivity index (χ2n) is 8.43. The van der Waals surface area contributed by atoms with Crippen LogP contribution in [0.1, 0.15) is 0 Å². The van der Waals surface area contributed by atoms with Crippen molar-refractivity contribution >= 4 is 40.0 Å². The summed E-state index contributed by atoms with van der Waals surface area (Å²) in [5.74, 6) is -0.646. The number of carbonyl (C=O) groups excluding carboxylic acids is 1. The normalized spacial score (nSPS) is 14.3. The predicted molar refractivity (Wildman–Crippen MR) is 137 cm³/mol. The van der Waals surface area contributed by atoms with Crippen molar-refractivity contribution < 1.29 is 13.6 Å². The quantitative estimate of drug-likeness (QED) is 0.425. The van der Waals surface area contributed by atoms with E-state index in [4.69, 9.17) is 16.0 Å². The lowest BCUT2D eigenvalue weighted by molar-refractivity contribution is -0.117. The van der Waals surface area contributed by atoms with E-state index in [-0.39, 0.29) is 29.3 Å². The SMILES string of the molecule is O=C(CN1CCN(c2cccc(Cl)c2)CC1)Nc1oc2ccccc2c(=O)c1-c1ccc(F)cc1. The van der Waals surface area contributed by atoms with E-state index in [1.807, 2.05) is 29.2 Å². The van der Waals surface area contributed by atoms with Crippen LogP contribution < -0.4 is 15.6 Å². The minimum atomic E-state index is -0.415. The first kappa shape index (κ1) is 23.1. The number of benzene rings is 3. The van der Waals surface area contributed by atoms with Crippen LogP contribution in [0.2, 0.25) is 5.02 Å². The van der Waals surface area contributed by atoms with Gasteiger partial charge in [-0.05, 0) is 48.0 Å². The van der Waals surface area contributed by atoms with Crippen LogP contribution in [0.4, 0.5) is 16.0 Å². The van der Waals surface area contributed by atoms with Crippen LogP contribution in [0.15, 0.2) is 82.0 Å². The molecule has 178 valence electrons. The summed E-state index contributed by atoms with van der Waals surface area (Å²) in [6.07, 6.45) is 0. The molecule has 1 N–H and O–H groups in total. The summed E-state index contributed by atoms with van der Waals surface area (Å²) in [7, 11) is 0. The summed E-state index contributed by atoms with van der Waals surface area (Å²) in [5, 5.41) is 3.87. The Morgan fingerprint density at radius 1 is 0.971 bits per heavy atom. The summed E-state index contributed by atoms with van der Waals surface area (Å²) >= 11 is 6.11. The van der Waals surface area contributed by atoms with Gasteiger partial charge < -0.3 is 9.32 Å². The number of hydrogen-bond acceptors (Lipinski definition) is 5. The van der Waals surface area contributed by atoms with Crippen LogP contribution in [-0.2, 0) is 4.79 Å². The third kappa shape index (κ3) is 5.06. The maximum Gasteiger partial charge on any atom is 0.240 e. The van der Waals surface area contributed by atoms with E-state index in [0.717, 1.165) is 18.8 Å². The Balaban J connectivity index is 1.34. The Morgan fingerprint density at radius 3 is 2.46 bits per heavy atom. The fourth-order valence-electron chi connectivity index (χ4n) is 4.32. The Labute approximate surface area is 206 Å². The summed E-state index contributed by atoms with van der Waals surface area (Å²) in [6.45, 7) is 3.08. The smallest absolute Gasteiger partial charge is 0.240 e. The Bertz CT molecular complexity index is 1430. The molecular weight excluding hydrogens is 469 g/mol. The molecule has 0 radical (unpaired) electrons. The molecule has 0 unspecified atom stereocenters. The van der Waals surface area contributed by atoms with Gasteiger partial charge in [0.2, 0.25) is 17.2 Å². The van der Waals surface area contributed by atoms with E-state index in [9.17, 15) is 14.0 Å². The number of nitrogens with one attached hydrogen (secondary N) is 1. The number of fused-ring (bicyclic) bond motifs is 1. The molecule has 2 heterocycles. The van der Waals surface area contributed by atoms with Crippen LogP contribution in [-0.4, -0.2) is 43.5 Å². The molecule has 5 rings (SSSR count). The number of anilines is 2. The molecule has 0 saturated carbocycles. The number of para-hydroxylation sites is 1. The van der Waals surface area contributed by atoms with Gasteiger partial charge in [0.05, 0.1) is 17.5 Å². The number of halogens is 2. The van der Waals surface area contributed by atoms with Gasteiger partial charge >= 0.3 is 0 Å². The molecule has 1 fully saturated rings. The first-order valence-corrected chi connectivity index (χ1v) is 11.7. The molecule has 0 aliphatic carbocycles. The Hall–Kier alpha value is -3.68. The summed E-state index contributed by atoms with van der Waals surface area (Å²) in [5.41, 5.74) is 1.81. The van der Waals surface area contributed by atoms with Crippen molar-refractivity contribution in [3.8, 4) is 11.1 Å². The van der Waals surface area contributed by atoms with Gasteiger partial charge in [-0.15, -0.1) is 0 Å². The molecule has 6 nitrogen and oxygen atoms in total. The number of hydrogen-bond donors (Lipinski definition) is 1. The molecule has 0 spiro atoms. The molecular formula is C27H23ClFN3O3. The molecule has 4 aromatic rings. The highest BCUT2D eigenvalue weighted by molar-refractivity contribution is 6.30. The molecule has 0 bridgehead atoms. The van der Waals surface area contributed by atoms with E-state index < -0.39 is 5.82 Å². The van der Waals surface area contributed by atoms with E-state index in [0.29, 0.717) is 34.6 Å². The number of amides is 1. The molecule has 1 aliphatic rings. The number of piperazine rings is 1. The standard InChI is InChI=1S/C27H23ClFN3O3/c28-19-4-3-5-21(16-19)32-14-12-31(13-15-32)17-24(33)30-27-25(18-8-10-20(29)11-9-18)26(34)22-6-1-2-7-23(22)35-27/h1-11,16H,12-15,17H2,(H,30,33). The minimum absolute atomic E-state index is 0.0582. The maximum absolute atomic E-state index is 13.5. The van der Waals surface area contributed by atoms with Crippen molar-refractivity contribution in [3.05, 3.63) is 93.9 Å². The monoisotopic (exact) mass is 491 g/mol. The second-order valence-corrected chi connectivity index (χ2v) is 8.87. The lowest BCUT2D eigenvalue weighted by atomic mass is 10.0. The predicted octanol–water partition coefficient (Wildman–Crippen LogP) is 5.01. The molecule has 1 aliphatic heterocycles. The van der Waals surface area contributed by atoms with Crippen molar-refractivity contribution in [1.29, 1.82) is 0 Å². The summed E-state index contributed by atoms with van der Waals surface area (Å²) < 4.78 is 19.4. The molecule has 8 heteroatoms. The highest BCUT2D eigenvalue weighted by atomic mass is 35.5. The van der Waals surface area contributed by atoms with Gasteiger partial charge in [0.15, 0.2) is 0 Å².